The molecule has 1 fully saturated rings. The second-order valence-electron chi connectivity index (χ2n) is 6.80. The van der Waals surface area contributed by atoms with E-state index in [4.69, 9.17) is 4.74 Å². The summed E-state index contributed by atoms with van der Waals surface area (Å²) in [5, 5.41) is 2.54. The first-order valence-electron chi connectivity index (χ1n) is 9.18. The minimum Gasteiger partial charge on any atom is -0.486 e. The summed E-state index contributed by atoms with van der Waals surface area (Å²) in [5.41, 5.74) is 0.648. The van der Waals surface area contributed by atoms with Gasteiger partial charge in [0.25, 0.3) is 0 Å². The summed E-state index contributed by atoms with van der Waals surface area (Å²) in [6, 6.07) is 5.51. The Kier molecular flexibility index (Phi) is 6.66. The highest BCUT2D eigenvalue weighted by molar-refractivity contribution is 7.91. The Labute approximate surface area is 168 Å². The van der Waals surface area contributed by atoms with Gasteiger partial charge in [0.1, 0.15) is 23.2 Å². The fraction of sp³-hybridized carbons (Fsp3) is 0.474. The Morgan fingerprint density at radius 1 is 1.36 bits per heavy atom. The molecule has 0 N–H and O–H groups in total. The highest BCUT2D eigenvalue weighted by Crippen LogP contribution is 2.20. The second kappa shape index (κ2) is 9.00. The van der Waals surface area contributed by atoms with E-state index < -0.39 is 9.84 Å². The topological polar surface area (TPSA) is 76.6 Å². The maximum Gasteiger partial charge on any atom is 0.228 e. The van der Waals surface area contributed by atoms with Crippen LogP contribution in [0.5, 0.6) is 5.75 Å². The van der Waals surface area contributed by atoms with E-state index in [-0.39, 0.29) is 42.3 Å². The van der Waals surface area contributed by atoms with Gasteiger partial charge in [0.15, 0.2) is 9.84 Å². The lowest BCUT2D eigenvalue weighted by Crippen LogP contribution is -2.42. The van der Waals surface area contributed by atoms with Crippen molar-refractivity contribution in [2.24, 2.45) is 0 Å². The number of nitrogens with zero attached hydrogens (tertiary/aromatic N) is 2. The Morgan fingerprint density at radius 3 is 2.75 bits per heavy atom. The number of carbonyl (C=O) groups excluding carboxylic acids is 1. The van der Waals surface area contributed by atoms with Crippen LogP contribution in [0, 0.1) is 5.82 Å². The zero-order valence-corrected chi connectivity index (χ0v) is 17.3. The zero-order valence-electron chi connectivity index (χ0n) is 15.6. The Balaban J connectivity index is 1.58. The summed E-state index contributed by atoms with van der Waals surface area (Å²) in [4.78, 5) is 18.9. The van der Waals surface area contributed by atoms with Crippen molar-refractivity contribution in [3.8, 4) is 5.75 Å². The minimum atomic E-state index is -3.04. The van der Waals surface area contributed by atoms with Crippen LogP contribution in [0.1, 0.15) is 30.5 Å². The van der Waals surface area contributed by atoms with E-state index in [1.807, 2.05) is 12.3 Å². The fourth-order valence-corrected chi connectivity index (χ4v) is 5.64. The number of aromatic nitrogens is 1. The normalized spacial score (nSPS) is 18.1. The molecule has 1 saturated heterocycles. The number of hydrogen-bond acceptors (Lipinski definition) is 6. The minimum absolute atomic E-state index is 0.0482. The Hall–Kier alpha value is -2.00. The highest BCUT2D eigenvalue weighted by atomic mass is 32.2. The predicted octanol–water partition coefficient (Wildman–Crippen LogP) is 2.83. The number of halogens is 1. The number of amides is 1. The number of rotatable bonds is 8. The van der Waals surface area contributed by atoms with Crippen molar-refractivity contribution in [1.82, 2.24) is 9.88 Å². The van der Waals surface area contributed by atoms with Gasteiger partial charge in [-0.15, -0.1) is 11.3 Å². The summed E-state index contributed by atoms with van der Waals surface area (Å²) < 4.78 is 42.0. The van der Waals surface area contributed by atoms with Gasteiger partial charge in [-0.05, 0) is 37.1 Å². The van der Waals surface area contributed by atoms with Crippen LogP contribution in [0.3, 0.4) is 0 Å². The monoisotopic (exact) mass is 426 g/mol. The summed E-state index contributed by atoms with van der Waals surface area (Å²) in [6.07, 6.45) is 1.42. The molecule has 1 aliphatic rings. The standard InChI is InChI=1S/C19H23FN2O4S2/c1-2-8-22(16-7-9-28(24,25)13-16)19(23)10-15-12-27-18(21-15)11-26-17-5-3-14(20)4-6-17/h3-6,12,16H,2,7-11,13H2,1H3. The first-order valence-corrected chi connectivity index (χ1v) is 11.9. The molecule has 0 aliphatic carbocycles. The van der Waals surface area contributed by atoms with Crippen LogP contribution in [-0.4, -0.2) is 48.3 Å². The summed E-state index contributed by atoms with van der Waals surface area (Å²) in [6.45, 7) is 2.76. The molecule has 152 valence electrons. The van der Waals surface area contributed by atoms with Crippen molar-refractivity contribution in [2.45, 2.75) is 38.8 Å². The predicted molar refractivity (Wildman–Crippen MR) is 106 cm³/mol. The lowest BCUT2D eigenvalue weighted by molar-refractivity contribution is -0.132. The average Bonchev–Trinajstić information content (AvgIpc) is 3.25. The smallest absolute Gasteiger partial charge is 0.228 e. The molecule has 1 aromatic heterocycles. The van der Waals surface area contributed by atoms with Gasteiger partial charge in [0.05, 0.1) is 23.6 Å². The van der Waals surface area contributed by atoms with Crippen molar-refractivity contribution in [2.75, 3.05) is 18.1 Å². The molecule has 1 unspecified atom stereocenters. The van der Waals surface area contributed by atoms with Crippen molar-refractivity contribution >= 4 is 27.1 Å². The van der Waals surface area contributed by atoms with Crippen LogP contribution in [0.2, 0.25) is 0 Å². The lowest BCUT2D eigenvalue weighted by Gasteiger charge is -2.27. The molecular formula is C19H23FN2O4S2. The fourth-order valence-electron chi connectivity index (χ4n) is 3.20. The number of hydrogen-bond donors (Lipinski definition) is 0. The molecule has 3 rings (SSSR count). The molecule has 1 aliphatic heterocycles. The quantitative estimate of drug-likeness (QED) is 0.649. The van der Waals surface area contributed by atoms with Crippen LogP contribution in [0.4, 0.5) is 4.39 Å². The van der Waals surface area contributed by atoms with Gasteiger partial charge < -0.3 is 9.64 Å². The van der Waals surface area contributed by atoms with E-state index in [1.165, 1.54) is 23.5 Å². The molecule has 1 aromatic carbocycles. The Morgan fingerprint density at radius 2 is 2.11 bits per heavy atom. The molecule has 1 atom stereocenters. The number of benzene rings is 1. The summed E-state index contributed by atoms with van der Waals surface area (Å²) >= 11 is 1.39. The average molecular weight is 427 g/mol. The third kappa shape index (κ3) is 5.51. The lowest BCUT2D eigenvalue weighted by atomic mass is 10.2. The summed E-state index contributed by atoms with van der Waals surface area (Å²) in [7, 11) is -3.04. The maximum atomic E-state index is 12.9. The molecule has 1 amide bonds. The second-order valence-corrected chi connectivity index (χ2v) is 9.97. The Bertz CT molecular complexity index is 912. The third-order valence-corrected chi connectivity index (χ3v) is 7.16. The van der Waals surface area contributed by atoms with E-state index >= 15 is 0 Å². The molecule has 0 saturated carbocycles. The molecule has 0 bridgehead atoms. The van der Waals surface area contributed by atoms with Crippen molar-refractivity contribution < 1.29 is 22.3 Å². The van der Waals surface area contributed by atoms with Crippen LogP contribution in [-0.2, 0) is 27.7 Å². The third-order valence-electron chi connectivity index (χ3n) is 4.54. The molecule has 2 heterocycles. The maximum absolute atomic E-state index is 12.9. The molecular weight excluding hydrogens is 403 g/mol. The van der Waals surface area contributed by atoms with Crippen LogP contribution in [0.25, 0.3) is 0 Å². The molecule has 9 heteroatoms. The zero-order chi connectivity index (χ0) is 20.1. The van der Waals surface area contributed by atoms with Gasteiger partial charge in [-0.1, -0.05) is 6.92 Å². The van der Waals surface area contributed by atoms with Crippen LogP contribution in [0.15, 0.2) is 29.6 Å². The van der Waals surface area contributed by atoms with Gasteiger partial charge in [-0.25, -0.2) is 17.8 Å². The van der Waals surface area contributed by atoms with Crippen molar-refractivity contribution in [1.29, 1.82) is 0 Å². The van der Waals surface area contributed by atoms with Gasteiger partial charge in [-0.2, -0.15) is 0 Å². The summed E-state index contributed by atoms with van der Waals surface area (Å²) in [5.74, 6) is 0.319. The SMILES string of the molecule is CCCN(C(=O)Cc1csc(COc2ccc(F)cc2)n1)C1CCS(=O)(=O)C1. The number of sulfone groups is 1. The van der Waals surface area contributed by atoms with Gasteiger partial charge in [-0.3, -0.25) is 4.79 Å². The number of ether oxygens (including phenoxy) is 1. The van der Waals surface area contributed by atoms with E-state index in [1.54, 1.807) is 17.0 Å². The van der Waals surface area contributed by atoms with Crippen molar-refractivity contribution in [3.05, 3.63) is 46.2 Å². The van der Waals surface area contributed by atoms with Gasteiger partial charge in [0, 0.05) is 18.0 Å². The largest absolute Gasteiger partial charge is 0.486 e. The number of carbonyl (C=O) groups is 1. The van der Waals surface area contributed by atoms with E-state index in [2.05, 4.69) is 4.98 Å². The number of thiazole rings is 1. The van der Waals surface area contributed by atoms with Crippen LogP contribution < -0.4 is 4.74 Å². The first-order chi connectivity index (χ1) is 13.4. The molecule has 0 radical (unpaired) electrons. The van der Waals surface area contributed by atoms with Crippen LogP contribution >= 0.6 is 11.3 Å². The first kappa shape index (κ1) is 20.7. The molecule has 28 heavy (non-hydrogen) atoms. The van der Waals surface area contributed by atoms with E-state index in [9.17, 15) is 17.6 Å². The van der Waals surface area contributed by atoms with Crippen molar-refractivity contribution in [3.63, 3.8) is 0 Å². The highest BCUT2D eigenvalue weighted by Gasteiger charge is 2.34. The van der Waals surface area contributed by atoms with E-state index in [0.717, 1.165) is 11.4 Å². The van der Waals surface area contributed by atoms with E-state index in [0.29, 0.717) is 24.4 Å². The van der Waals surface area contributed by atoms with Gasteiger partial charge >= 0.3 is 0 Å². The molecule has 6 nitrogen and oxygen atoms in total. The molecule has 2 aromatic rings. The van der Waals surface area contributed by atoms with Gasteiger partial charge in [0.2, 0.25) is 5.91 Å². The molecule has 0 spiro atoms.